The van der Waals surface area contributed by atoms with Gasteiger partial charge in [-0.3, -0.25) is 0 Å². The minimum Gasteiger partial charge on any atom is -0.490 e. The van der Waals surface area contributed by atoms with E-state index in [4.69, 9.17) is 21.1 Å². The number of rotatable bonds is 3. The van der Waals surface area contributed by atoms with Gasteiger partial charge in [0.1, 0.15) is 6.33 Å². The van der Waals surface area contributed by atoms with Crippen LogP contribution in [0.5, 0.6) is 5.75 Å². The third kappa shape index (κ3) is 2.20. The fourth-order valence-electron chi connectivity index (χ4n) is 1.73. The van der Waals surface area contributed by atoms with Crippen LogP contribution in [0.2, 0.25) is 5.15 Å². The number of nitrogens with zero attached hydrogens (tertiary/aromatic N) is 2. The summed E-state index contributed by atoms with van der Waals surface area (Å²) in [5, 5.41) is 3.58. The molecule has 2 heterocycles. The molecule has 0 spiro atoms. The molecule has 0 saturated carbocycles. The highest BCUT2D eigenvalue weighted by Gasteiger charge is 2.25. The average Bonchev–Trinajstić information content (AvgIpc) is 2.65. The van der Waals surface area contributed by atoms with Crippen LogP contribution < -0.4 is 10.1 Å². The number of methoxy groups -OCH3 is 1. The van der Waals surface area contributed by atoms with Crippen LogP contribution in [0.25, 0.3) is 0 Å². The standard InChI is InChI=1S/C10H14ClN3O2/c1-6-7(3-4-16-6)14-10-8(15-2)9(11)12-5-13-10/h5-7H,3-4H2,1-2H3,(H,12,13,14). The zero-order chi connectivity index (χ0) is 11.5. The summed E-state index contributed by atoms with van der Waals surface area (Å²) in [4.78, 5) is 7.98. The molecule has 2 unspecified atom stereocenters. The third-order valence-electron chi connectivity index (χ3n) is 2.66. The largest absolute Gasteiger partial charge is 0.490 e. The van der Waals surface area contributed by atoms with Crippen molar-refractivity contribution in [3.05, 3.63) is 11.5 Å². The van der Waals surface area contributed by atoms with Crippen molar-refractivity contribution in [2.45, 2.75) is 25.5 Å². The molecule has 1 aliphatic heterocycles. The molecular weight excluding hydrogens is 230 g/mol. The third-order valence-corrected chi connectivity index (χ3v) is 2.93. The fraction of sp³-hybridized carbons (Fsp3) is 0.600. The van der Waals surface area contributed by atoms with E-state index in [1.165, 1.54) is 6.33 Å². The highest BCUT2D eigenvalue weighted by molar-refractivity contribution is 6.31. The van der Waals surface area contributed by atoms with E-state index in [0.717, 1.165) is 13.0 Å². The first-order chi connectivity index (χ1) is 7.72. The molecule has 0 amide bonds. The first-order valence-corrected chi connectivity index (χ1v) is 5.52. The van der Waals surface area contributed by atoms with Gasteiger partial charge in [-0.2, -0.15) is 0 Å². The van der Waals surface area contributed by atoms with Crippen molar-refractivity contribution >= 4 is 17.4 Å². The maximum absolute atomic E-state index is 5.90. The fourth-order valence-corrected chi connectivity index (χ4v) is 1.94. The molecule has 0 radical (unpaired) electrons. The highest BCUT2D eigenvalue weighted by Crippen LogP contribution is 2.30. The van der Waals surface area contributed by atoms with Crippen molar-refractivity contribution in [3.8, 4) is 5.75 Å². The first-order valence-electron chi connectivity index (χ1n) is 5.15. The van der Waals surface area contributed by atoms with Crippen molar-refractivity contribution in [3.63, 3.8) is 0 Å². The molecule has 1 aromatic heterocycles. The summed E-state index contributed by atoms with van der Waals surface area (Å²) in [6, 6.07) is 0.236. The Labute approximate surface area is 99.1 Å². The van der Waals surface area contributed by atoms with E-state index in [9.17, 15) is 0 Å². The topological polar surface area (TPSA) is 56.3 Å². The zero-order valence-corrected chi connectivity index (χ0v) is 9.99. The molecule has 0 aromatic carbocycles. The summed E-state index contributed by atoms with van der Waals surface area (Å²) < 4.78 is 10.6. The second-order valence-corrected chi connectivity index (χ2v) is 4.02. The van der Waals surface area contributed by atoms with Crippen molar-refractivity contribution in [2.75, 3.05) is 19.0 Å². The molecule has 1 aromatic rings. The molecule has 2 rings (SSSR count). The Hall–Kier alpha value is -1.07. The predicted octanol–water partition coefficient (Wildman–Crippen LogP) is 1.73. The van der Waals surface area contributed by atoms with E-state index in [1.807, 2.05) is 6.92 Å². The summed E-state index contributed by atoms with van der Waals surface area (Å²) in [5.74, 6) is 1.09. The summed E-state index contributed by atoms with van der Waals surface area (Å²) >= 11 is 5.90. The van der Waals surface area contributed by atoms with Crippen LogP contribution in [0.4, 0.5) is 5.82 Å². The maximum Gasteiger partial charge on any atom is 0.198 e. The second-order valence-electron chi connectivity index (χ2n) is 3.66. The van der Waals surface area contributed by atoms with Gasteiger partial charge >= 0.3 is 0 Å². The maximum atomic E-state index is 5.90. The second kappa shape index (κ2) is 4.84. The van der Waals surface area contributed by atoms with E-state index in [-0.39, 0.29) is 12.1 Å². The Bertz CT molecular complexity index is 375. The highest BCUT2D eigenvalue weighted by atomic mass is 35.5. The first kappa shape index (κ1) is 11.4. The van der Waals surface area contributed by atoms with E-state index >= 15 is 0 Å². The normalized spacial score (nSPS) is 24.4. The molecule has 5 nitrogen and oxygen atoms in total. The number of hydrogen-bond acceptors (Lipinski definition) is 5. The number of halogens is 1. The van der Waals surface area contributed by atoms with Gasteiger partial charge < -0.3 is 14.8 Å². The summed E-state index contributed by atoms with van der Waals surface area (Å²) in [7, 11) is 1.55. The van der Waals surface area contributed by atoms with Gasteiger partial charge in [0.25, 0.3) is 0 Å². The van der Waals surface area contributed by atoms with Crippen LogP contribution in [-0.2, 0) is 4.74 Å². The minimum atomic E-state index is 0.165. The number of nitrogens with one attached hydrogen (secondary N) is 1. The number of anilines is 1. The van der Waals surface area contributed by atoms with Crippen molar-refractivity contribution in [1.82, 2.24) is 9.97 Å². The van der Waals surface area contributed by atoms with E-state index in [0.29, 0.717) is 16.7 Å². The Kier molecular flexibility index (Phi) is 3.46. The molecule has 1 saturated heterocycles. The van der Waals surface area contributed by atoms with Gasteiger partial charge in [-0.25, -0.2) is 9.97 Å². The molecule has 0 bridgehead atoms. The van der Waals surface area contributed by atoms with Gasteiger partial charge in [0, 0.05) is 6.61 Å². The summed E-state index contributed by atoms with van der Waals surface area (Å²) in [6.45, 7) is 2.79. The monoisotopic (exact) mass is 243 g/mol. The Morgan fingerprint density at radius 3 is 3.00 bits per heavy atom. The smallest absolute Gasteiger partial charge is 0.198 e. The van der Waals surface area contributed by atoms with Crippen molar-refractivity contribution in [2.24, 2.45) is 0 Å². The van der Waals surface area contributed by atoms with Gasteiger partial charge in [0.05, 0.1) is 19.3 Å². The molecule has 1 aliphatic rings. The lowest BCUT2D eigenvalue weighted by Gasteiger charge is -2.18. The Balaban J connectivity index is 2.17. The number of ether oxygens (including phenoxy) is 2. The molecule has 1 N–H and O–H groups in total. The van der Waals surface area contributed by atoms with E-state index in [1.54, 1.807) is 7.11 Å². The van der Waals surface area contributed by atoms with Crippen molar-refractivity contribution in [1.29, 1.82) is 0 Å². The lowest BCUT2D eigenvalue weighted by Crippen LogP contribution is -2.27. The molecule has 2 atom stereocenters. The molecular formula is C10H14ClN3O2. The molecule has 0 aliphatic carbocycles. The van der Waals surface area contributed by atoms with E-state index in [2.05, 4.69) is 15.3 Å². The molecule has 6 heteroatoms. The van der Waals surface area contributed by atoms with Gasteiger partial charge in [-0.05, 0) is 13.3 Å². The molecule has 1 fully saturated rings. The van der Waals surface area contributed by atoms with Gasteiger partial charge in [0.2, 0.25) is 0 Å². The van der Waals surface area contributed by atoms with Gasteiger partial charge in [0.15, 0.2) is 16.7 Å². The molecule has 16 heavy (non-hydrogen) atoms. The van der Waals surface area contributed by atoms with Gasteiger partial charge in [-0.15, -0.1) is 0 Å². The quantitative estimate of drug-likeness (QED) is 0.820. The SMILES string of the molecule is COc1c(Cl)ncnc1NC1CCOC1C. The van der Waals surface area contributed by atoms with Crippen LogP contribution in [0.1, 0.15) is 13.3 Å². The minimum absolute atomic E-state index is 0.165. The van der Waals surface area contributed by atoms with Crippen LogP contribution in [0, 0.1) is 0 Å². The van der Waals surface area contributed by atoms with Gasteiger partial charge in [-0.1, -0.05) is 11.6 Å². The van der Waals surface area contributed by atoms with Crippen LogP contribution in [0.15, 0.2) is 6.33 Å². The average molecular weight is 244 g/mol. The number of hydrogen-bond donors (Lipinski definition) is 1. The zero-order valence-electron chi connectivity index (χ0n) is 9.24. The Morgan fingerprint density at radius 1 is 1.56 bits per heavy atom. The number of aromatic nitrogens is 2. The summed E-state index contributed by atoms with van der Waals surface area (Å²) in [5.41, 5.74) is 0. The summed E-state index contributed by atoms with van der Waals surface area (Å²) in [6.07, 6.45) is 2.53. The van der Waals surface area contributed by atoms with Crippen LogP contribution >= 0.6 is 11.6 Å². The Morgan fingerprint density at radius 2 is 2.38 bits per heavy atom. The lowest BCUT2D eigenvalue weighted by atomic mass is 10.1. The van der Waals surface area contributed by atoms with Crippen LogP contribution in [-0.4, -0.2) is 35.8 Å². The van der Waals surface area contributed by atoms with Crippen LogP contribution in [0.3, 0.4) is 0 Å². The van der Waals surface area contributed by atoms with Crippen molar-refractivity contribution < 1.29 is 9.47 Å². The molecule has 88 valence electrons. The lowest BCUT2D eigenvalue weighted by molar-refractivity contribution is 0.121. The van der Waals surface area contributed by atoms with E-state index < -0.39 is 0 Å². The predicted molar refractivity (Wildman–Crippen MR) is 61.0 cm³/mol.